The minimum atomic E-state index is -0.423. The van der Waals surface area contributed by atoms with Crippen LogP contribution in [0.1, 0.15) is 56.2 Å². The molecule has 0 saturated carbocycles. The molecule has 162 valence electrons. The number of unbranched alkanes of at least 4 members (excludes halogenated alkanes) is 3. The summed E-state index contributed by atoms with van der Waals surface area (Å²) >= 11 is 3.08. The van der Waals surface area contributed by atoms with E-state index in [1.165, 1.54) is 23.9 Å². The largest absolute Gasteiger partial charge is 0.322 e. The highest BCUT2D eigenvalue weighted by molar-refractivity contribution is 7.99. The lowest BCUT2D eigenvalue weighted by molar-refractivity contribution is -0.384. The van der Waals surface area contributed by atoms with Crippen LogP contribution >= 0.6 is 23.5 Å². The van der Waals surface area contributed by atoms with E-state index in [0.29, 0.717) is 6.42 Å². The quantitative estimate of drug-likeness (QED) is 0.185. The number of anilines is 1. The maximum absolute atomic E-state index is 13.3. The van der Waals surface area contributed by atoms with Crippen molar-refractivity contribution in [2.45, 2.75) is 61.8 Å². The number of carbonyl (C=O) groups is 1. The Bertz CT molecular complexity index is 847. The molecule has 0 aliphatic carbocycles. The molecule has 0 aliphatic heterocycles. The summed E-state index contributed by atoms with van der Waals surface area (Å²) in [6, 6.07) is 8.30. The molecule has 30 heavy (non-hydrogen) atoms. The number of nitro benzene ring substituents is 1. The molecule has 1 aromatic carbocycles. The van der Waals surface area contributed by atoms with Crippen molar-refractivity contribution >= 4 is 40.8 Å². The van der Waals surface area contributed by atoms with Crippen LogP contribution in [0.25, 0.3) is 0 Å². The third-order valence-electron chi connectivity index (χ3n) is 4.91. The van der Waals surface area contributed by atoms with Crippen LogP contribution in [0.15, 0.2) is 40.3 Å². The van der Waals surface area contributed by atoms with Crippen molar-refractivity contribution in [2.24, 2.45) is 0 Å². The highest BCUT2D eigenvalue weighted by atomic mass is 32.2. The number of aromatic nitrogens is 1. The monoisotopic (exact) mass is 447 g/mol. The van der Waals surface area contributed by atoms with Gasteiger partial charge in [-0.1, -0.05) is 44.7 Å². The molecule has 0 aliphatic rings. The summed E-state index contributed by atoms with van der Waals surface area (Å²) in [6.45, 7) is 4.09. The molecule has 1 atom stereocenters. The first-order valence-corrected chi connectivity index (χ1v) is 12.5. The van der Waals surface area contributed by atoms with Gasteiger partial charge in [0, 0.05) is 22.7 Å². The van der Waals surface area contributed by atoms with Crippen molar-refractivity contribution in [1.29, 1.82) is 0 Å². The van der Waals surface area contributed by atoms with Crippen LogP contribution in [-0.2, 0) is 4.79 Å². The molecule has 1 aromatic heterocycles. The van der Waals surface area contributed by atoms with Gasteiger partial charge >= 0.3 is 0 Å². The second-order valence-corrected chi connectivity index (χ2v) is 8.73. The van der Waals surface area contributed by atoms with E-state index in [0.717, 1.165) is 52.5 Å². The summed E-state index contributed by atoms with van der Waals surface area (Å²) < 4.78 is 0. The summed E-state index contributed by atoms with van der Waals surface area (Å²) in [7, 11) is 0. The second kappa shape index (κ2) is 12.0. The zero-order valence-electron chi connectivity index (χ0n) is 17.9. The van der Waals surface area contributed by atoms with Crippen LogP contribution in [-0.4, -0.2) is 28.3 Å². The van der Waals surface area contributed by atoms with Gasteiger partial charge in [0.15, 0.2) is 0 Å². The molecular weight excluding hydrogens is 418 g/mol. The summed E-state index contributed by atoms with van der Waals surface area (Å²) in [6.07, 6.45) is 8.87. The van der Waals surface area contributed by atoms with Gasteiger partial charge in [-0.15, -0.1) is 23.5 Å². The van der Waals surface area contributed by atoms with Crippen LogP contribution < -0.4 is 5.32 Å². The van der Waals surface area contributed by atoms with Crippen molar-refractivity contribution in [3.8, 4) is 0 Å². The predicted octanol–water partition coefficient (Wildman–Crippen LogP) is 6.43. The molecule has 2 rings (SSSR count). The van der Waals surface area contributed by atoms with Gasteiger partial charge < -0.3 is 5.32 Å². The fourth-order valence-corrected chi connectivity index (χ4v) is 4.61. The molecule has 0 spiro atoms. The van der Waals surface area contributed by atoms with E-state index >= 15 is 0 Å². The van der Waals surface area contributed by atoms with Crippen LogP contribution in [0.3, 0.4) is 0 Å². The summed E-state index contributed by atoms with van der Waals surface area (Å²) in [5.74, 6) is -0.468. The maximum Gasteiger partial charge on any atom is 0.269 e. The van der Waals surface area contributed by atoms with Gasteiger partial charge in [-0.05, 0) is 37.5 Å². The van der Waals surface area contributed by atoms with Gasteiger partial charge in [0.2, 0.25) is 5.91 Å². The topological polar surface area (TPSA) is 85.1 Å². The Balaban J connectivity index is 2.31. The van der Waals surface area contributed by atoms with Crippen molar-refractivity contribution in [3.05, 3.63) is 51.7 Å². The first-order chi connectivity index (χ1) is 14.4. The summed E-state index contributed by atoms with van der Waals surface area (Å²) in [5, 5.41) is 14.9. The van der Waals surface area contributed by atoms with Crippen molar-refractivity contribution in [1.82, 2.24) is 4.98 Å². The number of non-ortho nitro benzene ring substituents is 1. The van der Waals surface area contributed by atoms with Crippen molar-refractivity contribution in [2.75, 3.05) is 17.8 Å². The number of pyridine rings is 1. The fourth-order valence-electron chi connectivity index (χ4n) is 3.30. The SMILES string of the molecule is CCCCCCC(C(=O)Nc1c(SC)cc(C)nc1SC)c1ccc([N+](=O)[O-])cc1. The number of carbonyl (C=O) groups excluding carboxylic acids is 1. The van der Waals surface area contributed by atoms with E-state index in [1.54, 1.807) is 23.9 Å². The number of aryl methyl sites for hydroxylation is 1. The molecule has 6 nitrogen and oxygen atoms in total. The van der Waals surface area contributed by atoms with E-state index in [1.807, 2.05) is 25.5 Å². The standard InChI is InChI=1S/C22H29N3O3S2/c1-5-6-7-8-9-18(16-10-12-17(13-11-16)25(27)28)21(26)24-20-19(29-3)14-15(2)23-22(20)30-4/h10-14,18H,5-9H2,1-4H3,(H,24,26). The Morgan fingerprint density at radius 2 is 1.87 bits per heavy atom. The number of rotatable bonds is 11. The van der Waals surface area contributed by atoms with Crippen LogP contribution in [0, 0.1) is 17.0 Å². The van der Waals surface area contributed by atoms with E-state index < -0.39 is 4.92 Å². The number of nitrogens with zero attached hydrogens (tertiary/aromatic N) is 2. The molecule has 0 saturated heterocycles. The van der Waals surface area contributed by atoms with E-state index in [2.05, 4.69) is 17.2 Å². The number of nitrogens with one attached hydrogen (secondary N) is 1. The number of hydrogen-bond donors (Lipinski definition) is 1. The third kappa shape index (κ3) is 6.47. The lowest BCUT2D eigenvalue weighted by Crippen LogP contribution is -2.22. The van der Waals surface area contributed by atoms with Crippen molar-refractivity contribution in [3.63, 3.8) is 0 Å². The maximum atomic E-state index is 13.3. The van der Waals surface area contributed by atoms with Crippen LogP contribution in [0.4, 0.5) is 11.4 Å². The Morgan fingerprint density at radius 1 is 1.17 bits per heavy atom. The van der Waals surface area contributed by atoms with E-state index in [-0.39, 0.29) is 17.5 Å². The number of thioether (sulfide) groups is 2. The molecular formula is C22H29N3O3S2. The van der Waals surface area contributed by atoms with E-state index in [9.17, 15) is 14.9 Å². The predicted molar refractivity (Wildman–Crippen MR) is 126 cm³/mol. The number of hydrogen-bond acceptors (Lipinski definition) is 6. The zero-order valence-corrected chi connectivity index (χ0v) is 19.6. The van der Waals surface area contributed by atoms with Gasteiger partial charge in [-0.3, -0.25) is 14.9 Å². The molecule has 1 N–H and O–H groups in total. The minimum absolute atomic E-state index is 0.0287. The van der Waals surface area contributed by atoms with Crippen LogP contribution in [0.2, 0.25) is 0 Å². The van der Waals surface area contributed by atoms with Gasteiger partial charge in [0.25, 0.3) is 5.69 Å². The minimum Gasteiger partial charge on any atom is -0.322 e. The van der Waals surface area contributed by atoms with E-state index in [4.69, 9.17) is 0 Å². The van der Waals surface area contributed by atoms with Gasteiger partial charge in [-0.2, -0.15) is 0 Å². The summed E-state index contributed by atoms with van der Waals surface area (Å²) in [4.78, 5) is 29.4. The number of amides is 1. The first kappa shape index (κ1) is 24.2. The average molecular weight is 448 g/mol. The fraction of sp³-hybridized carbons (Fsp3) is 0.455. The molecule has 0 radical (unpaired) electrons. The molecule has 1 unspecified atom stereocenters. The van der Waals surface area contributed by atoms with Crippen LogP contribution in [0.5, 0.6) is 0 Å². The summed E-state index contributed by atoms with van der Waals surface area (Å²) in [5.41, 5.74) is 2.48. The lowest BCUT2D eigenvalue weighted by Gasteiger charge is -2.20. The molecule has 1 heterocycles. The van der Waals surface area contributed by atoms with Gasteiger partial charge in [-0.25, -0.2) is 4.98 Å². The Morgan fingerprint density at radius 3 is 2.43 bits per heavy atom. The Labute approximate surface area is 186 Å². The second-order valence-electron chi connectivity index (χ2n) is 7.09. The zero-order chi connectivity index (χ0) is 22.1. The van der Waals surface area contributed by atoms with Gasteiger partial charge in [0.05, 0.1) is 16.5 Å². The Kier molecular flexibility index (Phi) is 9.65. The molecule has 0 bridgehead atoms. The number of nitro groups is 1. The third-order valence-corrected chi connectivity index (χ3v) is 6.35. The number of benzene rings is 1. The highest BCUT2D eigenvalue weighted by Crippen LogP contribution is 2.35. The molecule has 8 heteroatoms. The average Bonchev–Trinajstić information content (AvgIpc) is 2.74. The highest BCUT2D eigenvalue weighted by Gasteiger charge is 2.23. The Hall–Kier alpha value is -2.06. The smallest absolute Gasteiger partial charge is 0.269 e. The van der Waals surface area contributed by atoms with Gasteiger partial charge in [0.1, 0.15) is 5.03 Å². The first-order valence-electron chi connectivity index (χ1n) is 10.1. The van der Waals surface area contributed by atoms with Crippen molar-refractivity contribution < 1.29 is 9.72 Å². The lowest BCUT2D eigenvalue weighted by atomic mass is 9.92. The molecule has 0 fully saturated rings. The normalized spacial score (nSPS) is 11.9. The molecule has 1 amide bonds. The molecule has 2 aromatic rings.